The molecule has 0 saturated carbocycles. The number of benzene rings is 1. The van der Waals surface area contributed by atoms with Crippen molar-refractivity contribution in [2.24, 2.45) is 5.92 Å². The number of methoxy groups -OCH3 is 1. The molecule has 1 aromatic carbocycles. The number of hydrogen-bond acceptors (Lipinski definition) is 8. The van der Waals surface area contributed by atoms with Gasteiger partial charge >= 0.3 is 0 Å². The molecule has 8 nitrogen and oxygen atoms in total. The molecule has 4 aromatic rings. The quantitative estimate of drug-likeness (QED) is 0.301. The zero-order chi connectivity index (χ0) is 24.8. The van der Waals surface area contributed by atoms with E-state index < -0.39 is 6.10 Å². The van der Waals surface area contributed by atoms with E-state index in [1.54, 1.807) is 13.4 Å². The monoisotopic (exact) mass is 497 g/mol. The van der Waals surface area contributed by atoms with Crippen LogP contribution >= 0.6 is 11.3 Å². The third-order valence-corrected chi connectivity index (χ3v) is 6.33. The van der Waals surface area contributed by atoms with Gasteiger partial charge in [-0.1, -0.05) is 32.0 Å². The predicted octanol–water partition coefficient (Wildman–Crippen LogP) is 4.29. The molecular formula is C26H31N3O5S. The summed E-state index contributed by atoms with van der Waals surface area (Å²) in [6.07, 6.45) is 0.936. The molecule has 0 aliphatic carbocycles. The Morgan fingerprint density at radius 1 is 1.14 bits per heavy atom. The van der Waals surface area contributed by atoms with E-state index in [2.05, 4.69) is 18.8 Å². The fraction of sp³-hybridized carbons (Fsp3) is 0.385. The molecule has 0 fully saturated rings. The van der Waals surface area contributed by atoms with Crippen molar-refractivity contribution >= 4 is 21.6 Å². The molecular weight excluding hydrogens is 466 g/mol. The summed E-state index contributed by atoms with van der Waals surface area (Å²) in [6, 6.07) is 11.3. The summed E-state index contributed by atoms with van der Waals surface area (Å²) in [6.45, 7) is 6.12. The number of aliphatic hydroxyl groups is 1. The average molecular weight is 498 g/mol. The number of para-hydroxylation sites is 1. The zero-order valence-electron chi connectivity index (χ0n) is 20.2. The van der Waals surface area contributed by atoms with Crippen molar-refractivity contribution in [3.05, 3.63) is 70.0 Å². The maximum atomic E-state index is 13.1. The van der Waals surface area contributed by atoms with Gasteiger partial charge in [0.25, 0.3) is 5.56 Å². The molecule has 0 aliphatic rings. The highest BCUT2D eigenvalue weighted by Crippen LogP contribution is 2.36. The van der Waals surface area contributed by atoms with Crippen LogP contribution in [0.1, 0.15) is 25.4 Å². The Hall–Kier alpha value is -2.98. The Morgan fingerprint density at radius 2 is 1.97 bits per heavy atom. The molecule has 0 spiro atoms. The highest BCUT2D eigenvalue weighted by atomic mass is 32.1. The van der Waals surface area contributed by atoms with Crippen LogP contribution in [-0.2, 0) is 17.8 Å². The van der Waals surface area contributed by atoms with E-state index >= 15 is 0 Å². The fourth-order valence-corrected chi connectivity index (χ4v) is 4.90. The standard InChI is InChI=1S/C26H31N3O5S/c1-17(2)14-33-15-18(30)11-29(12-19-7-6-10-34-19)13-23-27-25(31)24-21(16-35-26(24)28-23)20-8-4-5-9-22(20)32-3/h4-10,16-18,30H,11-15H2,1-3H3,(H,27,28,31)/t18-/m0/s1. The van der Waals surface area contributed by atoms with Crippen molar-refractivity contribution in [1.82, 2.24) is 14.9 Å². The molecule has 3 heterocycles. The van der Waals surface area contributed by atoms with E-state index in [4.69, 9.17) is 18.9 Å². The van der Waals surface area contributed by atoms with Crippen molar-refractivity contribution in [3.8, 4) is 16.9 Å². The number of H-pyrrole nitrogens is 1. The number of nitrogens with one attached hydrogen (secondary N) is 1. The van der Waals surface area contributed by atoms with Gasteiger partial charge in [-0.2, -0.15) is 0 Å². The Morgan fingerprint density at radius 3 is 2.71 bits per heavy atom. The summed E-state index contributed by atoms with van der Waals surface area (Å²) in [4.78, 5) is 23.5. The van der Waals surface area contributed by atoms with Crippen LogP contribution < -0.4 is 10.3 Å². The molecule has 186 valence electrons. The summed E-state index contributed by atoms with van der Waals surface area (Å²) < 4.78 is 16.6. The minimum absolute atomic E-state index is 0.203. The second-order valence-electron chi connectivity index (χ2n) is 8.88. The van der Waals surface area contributed by atoms with Crippen molar-refractivity contribution in [2.75, 3.05) is 26.9 Å². The SMILES string of the molecule is COc1ccccc1-c1csc2nc(CN(Cc3ccco3)C[C@H](O)COCC(C)C)[nH]c(=O)c12. The maximum absolute atomic E-state index is 13.1. The Labute approximate surface area is 208 Å². The van der Waals surface area contributed by atoms with E-state index in [1.807, 2.05) is 46.7 Å². The van der Waals surface area contributed by atoms with E-state index in [9.17, 15) is 9.90 Å². The fourth-order valence-electron chi connectivity index (χ4n) is 3.94. The van der Waals surface area contributed by atoms with E-state index in [-0.39, 0.29) is 12.2 Å². The smallest absolute Gasteiger partial charge is 0.260 e. The Balaban J connectivity index is 1.57. The molecule has 4 rings (SSSR count). The molecule has 9 heteroatoms. The van der Waals surface area contributed by atoms with Crippen molar-refractivity contribution in [2.45, 2.75) is 33.0 Å². The number of nitrogens with zero attached hydrogens (tertiary/aromatic N) is 2. The van der Waals surface area contributed by atoms with Crippen LogP contribution in [0.4, 0.5) is 0 Å². The van der Waals surface area contributed by atoms with Gasteiger partial charge in [-0.3, -0.25) is 9.69 Å². The molecule has 0 saturated heterocycles. The van der Waals surface area contributed by atoms with Gasteiger partial charge in [0.2, 0.25) is 0 Å². The Bertz CT molecular complexity index is 1280. The average Bonchev–Trinajstić information content (AvgIpc) is 3.49. The lowest BCUT2D eigenvalue weighted by Crippen LogP contribution is -2.35. The van der Waals surface area contributed by atoms with Crippen molar-refractivity contribution in [3.63, 3.8) is 0 Å². The van der Waals surface area contributed by atoms with Gasteiger partial charge in [0.1, 0.15) is 22.2 Å². The molecule has 0 aliphatic heterocycles. The molecule has 2 N–H and O–H groups in total. The second-order valence-corrected chi connectivity index (χ2v) is 9.73. The van der Waals surface area contributed by atoms with Gasteiger partial charge in [0, 0.05) is 29.7 Å². The van der Waals surface area contributed by atoms with Crippen LogP contribution in [0.15, 0.2) is 57.3 Å². The number of aromatic amines is 1. The van der Waals surface area contributed by atoms with Crippen molar-refractivity contribution in [1.29, 1.82) is 0 Å². The van der Waals surface area contributed by atoms with Crippen LogP contribution in [0.5, 0.6) is 5.75 Å². The molecule has 0 bridgehead atoms. The number of ether oxygens (including phenoxy) is 2. The van der Waals surface area contributed by atoms with Gasteiger partial charge in [-0.25, -0.2) is 4.98 Å². The van der Waals surface area contributed by atoms with Gasteiger partial charge in [-0.15, -0.1) is 11.3 Å². The first kappa shape index (κ1) is 25.1. The highest BCUT2D eigenvalue weighted by molar-refractivity contribution is 7.17. The lowest BCUT2D eigenvalue weighted by Gasteiger charge is -2.24. The maximum Gasteiger partial charge on any atom is 0.260 e. The molecule has 3 aromatic heterocycles. The molecule has 1 atom stereocenters. The number of hydrogen-bond donors (Lipinski definition) is 2. The number of aliphatic hydroxyl groups excluding tert-OH is 1. The summed E-state index contributed by atoms with van der Waals surface area (Å²) >= 11 is 1.42. The van der Waals surface area contributed by atoms with Crippen LogP contribution in [-0.4, -0.2) is 52.9 Å². The topological polar surface area (TPSA) is 101 Å². The normalized spacial score (nSPS) is 12.6. The van der Waals surface area contributed by atoms with E-state index in [0.29, 0.717) is 53.9 Å². The van der Waals surface area contributed by atoms with Crippen LogP contribution in [0.2, 0.25) is 0 Å². The molecule has 35 heavy (non-hydrogen) atoms. The molecule has 0 radical (unpaired) electrons. The first-order valence-electron chi connectivity index (χ1n) is 11.6. The van der Waals surface area contributed by atoms with Gasteiger partial charge < -0.3 is 24.0 Å². The van der Waals surface area contributed by atoms with Crippen molar-refractivity contribution < 1.29 is 19.0 Å². The van der Waals surface area contributed by atoms with Crippen LogP contribution in [0.3, 0.4) is 0 Å². The summed E-state index contributed by atoms with van der Waals surface area (Å²) in [5, 5.41) is 13.0. The number of fused-ring (bicyclic) bond motifs is 1. The van der Waals surface area contributed by atoms with Gasteiger partial charge in [0.15, 0.2) is 0 Å². The number of furan rings is 1. The minimum Gasteiger partial charge on any atom is -0.496 e. The molecule has 0 amide bonds. The van der Waals surface area contributed by atoms with Crippen LogP contribution in [0, 0.1) is 5.92 Å². The lowest BCUT2D eigenvalue weighted by atomic mass is 10.1. The third-order valence-electron chi connectivity index (χ3n) is 5.45. The third kappa shape index (κ3) is 6.37. The summed E-state index contributed by atoms with van der Waals surface area (Å²) in [5.41, 5.74) is 1.45. The predicted molar refractivity (Wildman–Crippen MR) is 137 cm³/mol. The number of rotatable bonds is 12. The van der Waals surface area contributed by atoms with Gasteiger partial charge in [0.05, 0.1) is 44.6 Å². The zero-order valence-corrected chi connectivity index (χ0v) is 21.0. The minimum atomic E-state index is -0.682. The highest BCUT2D eigenvalue weighted by Gasteiger charge is 2.19. The second kappa shape index (κ2) is 11.6. The first-order chi connectivity index (χ1) is 16.9. The first-order valence-corrected chi connectivity index (χ1v) is 12.5. The molecule has 0 unspecified atom stereocenters. The van der Waals surface area contributed by atoms with E-state index in [0.717, 1.165) is 16.9 Å². The van der Waals surface area contributed by atoms with E-state index in [1.165, 1.54) is 11.3 Å². The Kier molecular flexibility index (Phi) is 8.35. The van der Waals surface area contributed by atoms with Crippen LogP contribution in [0.25, 0.3) is 21.3 Å². The lowest BCUT2D eigenvalue weighted by molar-refractivity contribution is 0.00421. The largest absolute Gasteiger partial charge is 0.496 e. The summed E-state index contributed by atoms with van der Waals surface area (Å²) in [5.74, 6) is 2.39. The van der Waals surface area contributed by atoms with Gasteiger partial charge in [-0.05, 0) is 24.1 Å². The number of aromatic nitrogens is 2. The summed E-state index contributed by atoms with van der Waals surface area (Å²) in [7, 11) is 1.61. The number of thiophene rings is 1.